The average Bonchev–Trinajstić information content (AvgIpc) is 2.93. The van der Waals surface area contributed by atoms with Gasteiger partial charge in [-0.05, 0) is 44.2 Å². The maximum atomic E-state index is 11.6. The number of para-hydroxylation sites is 1. The van der Waals surface area contributed by atoms with Crippen molar-refractivity contribution < 1.29 is 23.7 Å². The van der Waals surface area contributed by atoms with E-state index >= 15 is 0 Å². The van der Waals surface area contributed by atoms with Crippen LogP contribution < -0.4 is 14.4 Å². The summed E-state index contributed by atoms with van der Waals surface area (Å²) in [6, 6.07) is 13.7. The van der Waals surface area contributed by atoms with E-state index in [1.807, 2.05) is 42.7 Å². The number of anilines is 2. The lowest BCUT2D eigenvalue weighted by Gasteiger charge is -2.43. The summed E-state index contributed by atoms with van der Waals surface area (Å²) in [6.07, 6.45) is 6.85. The Hall–Kier alpha value is -1.91. The second-order valence-corrected chi connectivity index (χ2v) is 12.1. The van der Waals surface area contributed by atoms with E-state index in [4.69, 9.17) is 4.74 Å². The van der Waals surface area contributed by atoms with E-state index in [0.717, 1.165) is 54.8 Å². The molecule has 1 atom stereocenters. The van der Waals surface area contributed by atoms with E-state index in [1.165, 1.54) is 11.8 Å². The van der Waals surface area contributed by atoms with Gasteiger partial charge in [-0.15, -0.1) is 22.5 Å². The Bertz CT molecular complexity index is 1010. The van der Waals surface area contributed by atoms with Gasteiger partial charge in [-0.1, -0.05) is 57.7 Å². The maximum Gasteiger partial charge on any atom is 0.307 e. The number of hydrogen-bond donors (Lipinski definition) is 4. The molecule has 1 aliphatic rings. The third kappa shape index (κ3) is 6.89. The quantitative estimate of drug-likeness (QED) is 0.206. The Morgan fingerprint density at radius 1 is 1.17 bits per heavy atom. The Balaban J connectivity index is 2.19. The van der Waals surface area contributed by atoms with Crippen molar-refractivity contribution in [2.75, 3.05) is 17.7 Å². The van der Waals surface area contributed by atoms with Crippen LogP contribution in [0, 0.1) is 0 Å². The molecule has 7 nitrogen and oxygen atoms in total. The third-order valence-electron chi connectivity index (χ3n) is 6.54. The zero-order chi connectivity index (χ0) is 26.3. The van der Waals surface area contributed by atoms with E-state index in [-0.39, 0.29) is 6.42 Å². The number of fused-ring (bicyclic) bond motifs is 1. The standard InChI is InChI=1S/C27H40N2O5S2/c1-5-7-14-27(15-8-6-2)19-29(21-12-10-9-11-13-21)22-17-24(35-4)23(34-20(3)16-26(30)31)18-25(22)36(32,33)28-27/h9-13,17-18,20,28,32-33H,5-8,14-16,19H2,1-4H3,(H,30,31)/t20-/m0/s1. The Morgan fingerprint density at radius 3 is 2.36 bits per heavy atom. The van der Waals surface area contributed by atoms with Crippen LogP contribution in [0.5, 0.6) is 5.75 Å². The molecule has 0 spiro atoms. The summed E-state index contributed by atoms with van der Waals surface area (Å²) >= 11 is 1.49. The van der Waals surface area contributed by atoms with Crippen LogP contribution >= 0.6 is 22.5 Å². The van der Waals surface area contributed by atoms with Crippen LogP contribution in [0.25, 0.3) is 0 Å². The molecule has 9 heteroatoms. The van der Waals surface area contributed by atoms with Gasteiger partial charge >= 0.3 is 5.97 Å². The van der Waals surface area contributed by atoms with Crippen LogP contribution in [0.15, 0.2) is 52.3 Å². The number of unbranched alkanes of at least 4 members (excludes halogenated alkanes) is 2. The number of nitrogens with zero attached hydrogens (tertiary/aromatic N) is 1. The highest BCUT2D eigenvalue weighted by Crippen LogP contribution is 2.57. The molecule has 3 rings (SSSR count). The molecule has 1 aliphatic heterocycles. The van der Waals surface area contributed by atoms with Crippen molar-refractivity contribution in [3.05, 3.63) is 42.5 Å². The molecule has 200 valence electrons. The minimum Gasteiger partial charge on any atom is -0.489 e. The van der Waals surface area contributed by atoms with Crippen molar-refractivity contribution in [1.82, 2.24) is 4.72 Å². The van der Waals surface area contributed by atoms with Gasteiger partial charge in [-0.3, -0.25) is 13.9 Å². The molecule has 0 radical (unpaired) electrons. The number of ether oxygens (including phenoxy) is 1. The smallest absolute Gasteiger partial charge is 0.307 e. The van der Waals surface area contributed by atoms with Crippen molar-refractivity contribution in [2.45, 2.75) is 87.2 Å². The number of nitrogens with one attached hydrogen (secondary N) is 1. The summed E-state index contributed by atoms with van der Waals surface area (Å²) in [4.78, 5) is 14.6. The SMILES string of the molecule is CCCCC1(CCCC)CN(c2ccccc2)c2cc(SC)c(O[C@@H](C)CC(=O)O)cc2S(O)(O)N1. The van der Waals surface area contributed by atoms with E-state index in [2.05, 4.69) is 23.5 Å². The van der Waals surface area contributed by atoms with Gasteiger partial charge in [0.25, 0.3) is 0 Å². The fourth-order valence-corrected chi connectivity index (χ4v) is 7.01. The van der Waals surface area contributed by atoms with E-state index in [1.54, 1.807) is 13.0 Å². The third-order valence-corrected chi connectivity index (χ3v) is 8.95. The molecular weight excluding hydrogens is 496 g/mol. The second kappa shape index (κ2) is 12.6. The number of thioether (sulfide) groups is 1. The van der Waals surface area contributed by atoms with Crippen LogP contribution in [0.1, 0.15) is 65.7 Å². The summed E-state index contributed by atoms with van der Waals surface area (Å²) in [6.45, 7) is 6.61. The number of hydrogen-bond acceptors (Lipinski definition) is 7. The molecule has 0 amide bonds. The van der Waals surface area contributed by atoms with Gasteiger partial charge in [0.1, 0.15) is 16.7 Å². The Labute approximate surface area is 221 Å². The van der Waals surface area contributed by atoms with Crippen LogP contribution in [0.2, 0.25) is 0 Å². The van der Waals surface area contributed by atoms with Gasteiger partial charge < -0.3 is 14.7 Å². The largest absolute Gasteiger partial charge is 0.489 e. The van der Waals surface area contributed by atoms with Crippen molar-refractivity contribution in [1.29, 1.82) is 0 Å². The maximum absolute atomic E-state index is 11.6. The first-order valence-corrected chi connectivity index (χ1v) is 15.4. The fraction of sp³-hybridized carbons (Fsp3) is 0.519. The highest BCUT2D eigenvalue weighted by molar-refractivity contribution is 8.22. The lowest BCUT2D eigenvalue weighted by molar-refractivity contribution is -0.138. The predicted molar refractivity (Wildman–Crippen MR) is 150 cm³/mol. The van der Waals surface area contributed by atoms with Gasteiger partial charge in [0.05, 0.1) is 22.5 Å². The molecule has 0 saturated heterocycles. The van der Waals surface area contributed by atoms with E-state index < -0.39 is 28.4 Å². The summed E-state index contributed by atoms with van der Waals surface area (Å²) in [7, 11) is -3.39. The molecule has 0 fully saturated rings. The zero-order valence-electron chi connectivity index (χ0n) is 21.7. The highest BCUT2D eigenvalue weighted by Gasteiger charge is 2.42. The summed E-state index contributed by atoms with van der Waals surface area (Å²) in [5, 5.41) is 9.18. The molecule has 2 aromatic carbocycles. The average molecular weight is 537 g/mol. The van der Waals surface area contributed by atoms with Crippen LogP contribution in [-0.2, 0) is 4.79 Å². The number of carboxylic acids is 1. The molecule has 0 aliphatic carbocycles. The topological polar surface area (TPSA) is 102 Å². The lowest BCUT2D eigenvalue weighted by atomic mass is 9.87. The first-order valence-electron chi connectivity index (χ1n) is 12.6. The number of aliphatic carboxylic acids is 1. The van der Waals surface area contributed by atoms with Gasteiger partial charge in [0.15, 0.2) is 0 Å². The monoisotopic (exact) mass is 536 g/mol. The molecule has 0 saturated carbocycles. The van der Waals surface area contributed by atoms with Crippen molar-refractivity contribution in [3.63, 3.8) is 0 Å². The highest BCUT2D eigenvalue weighted by atomic mass is 32.3. The minimum absolute atomic E-state index is 0.146. The Morgan fingerprint density at radius 2 is 1.81 bits per heavy atom. The zero-order valence-corrected chi connectivity index (χ0v) is 23.3. The molecule has 4 N–H and O–H groups in total. The summed E-state index contributed by atoms with van der Waals surface area (Å²) in [5.41, 5.74) is 1.22. The molecule has 0 unspecified atom stereocenters. The minimum atomic E-state index is -3.39. The molecular formula is C27H40N2O5S2. The number of carboxylic acid groups (broad SMARTS) is 1. The van der Waals surface area contributed by atoms with Crippen molar-refractivity contribution in [3.8, 4) is 5.75 Å². The first-order chi connectivity index (χ1) is 17.1. The Kier molecular flexibility index (Phi) is 10.00. The summed E-state index contributed by atoms with van der Waals surface area (Å²) < 4.78 is 32.6. The molecule has 2 aromatic rings. The van der Waals surface area contributed by atoms with Crippen LogP contribution in [-0.4, -0.2) is 44.6 Å². The van der Waals surface area contributed by atoms with Crippen LogP contribution in [0.4, 0.5) is 11.4 Å². The van der Waals surface area contributed by atoms with Gasteiger partial charge in [0.2, 0.25) is 0 Å². The summed E-state index contributed by atoms with van der Waals surface area (Å²) in [5.74, 6) is -0.486. The molecule has 0 aromatic heterocycles. The van der Waals surface area contributed by atoms with Gasteiger partial charge in [-0.2, -0.15) is 0 Å². The van der Waals surface area contributed by atoms with Gasteiger partial charge in [0, 0.05) is 18.3 Å². The van der Waals surface area contributed by atoms with E-state index in [0.29, 0.717) is 17.2 Å². The predicted octanol–water partition coefficient (Wildman–Crippen LogP) is 7.54. The van der Waals surface area contributed by atoms with Gasteiger partial charge in [-0.25, -0.2) is 4.72 Å². The second-order valence-electron chi connectivity index (χ2n) is 9.56. The van der Waals surface area contributed by atoms with Crippen molar-refractivity contribution in [2.24, 2.45) is 0 Å². The number of benzene rings is 2. The molecule has 36 heavy (non-hydrogen) atoms. The molecule has 0 bridgehead atoms. The fourth-order valence-electron chi connectivity index (χ4n) is 4.76. The van der Waals surface area contributed by atoms with E-state index in [9.17, 15) is 19.0 Å². The normalized spacial score (nSPS) is 18.1. The number of carbonyl (C=O) groups is 1. The molecule has 1 heterocycles. The first kappa shape index (κ1) is 28.7. The van der Waals surface area contributed by atoms with Crippen LogP contribution in [0.3, 0.4) is 0 Å². The lowest BCUT2D eigenvalue weighted by Crippen LogP contribution is -2.51. The number of rotatable bonds is 12. The van der Waals surface area contributed by atoms with Crippen molar-refractivity contribution >= 4 is 39.9 Å².